The minimum Gasteiger partial charge on any atom is -0.512 e. The Balaban J connectivity index is 0.000000305. The number of hydrogen-bond donors (Lipinski definition) is 1. The van der Waals surface area contributed by atoms with Gasteiger partial charge in [-0.3, -0.25) is 4.79 Å². The number of rotatable bonds is 5. The maximum atomic E-state index is 9.23. The fraction of sp³-hybridized carbons (Fsp3) is 0.179. The van der Waals surface area contributed by atoms with Gasteiger partial charge in [-0.2, -0.15) is 0 Å². The molecule has 43 heavy (non-hydrogen) atoms. The number of ketones is 1. The molecule has 2 N–H and O–H groups in total. The van der Waals surface area contributed by atoms with Crippen LogP contribution in [0.4, 0.5) is 0 Å². The van der Waals surface area contributed by atoms with Gasteiger partial charge in [0.05, 0.1) is 12.0 Å². The Morgan fingerprint density at radius 1 is 0.767 bits per heavy atom. The third kappa shape index (κ3) is 7.10. The normalized spacial score (nSPS) is 11.5. The number of pyridine rings is 1. The average Bonchev–Trinajstić information content (AvgIpc) is 3.00. The van der Waals surface area contributed by atoms with Crippen molar-refractivity contribution in [2.75, 3.05) is 0 Å². The second kappa shape index (κ2) is 13.9. The summed E-state index contributed by atoms with van der Waals surface area (Å²) in [6.45, 7) is 9.67. The van der Waals surface area contributed by atoms with E-state index in [1.165, 1.54) is 49.7 Å². The maximum Gasteiger partial charge on any atom is 0.322 e. The Labute approximate surface area is 267 Å². The summed E-state index contributed by atoms with van der Waals surface area (Å²) in [7, 11) is 0. The predicted octanol–water partition coefficient (Wildman–Crippen LogP) is 10.3. The van der Waals surface area contributed by atoms with Crippen LogP contribution in [0, 0.1) is 24.8 Å². The fourth-order valence-corrected chi connectivity index (χ4v) is 5.04. The molecule has 0 aliphatic rings. The smallest absolute Gasteiger partial charge is 0.322 e. The molecule has 1 radical (unpaired) electrons. The summed E-state index contributed by atoms with van der Waals surface area (Å²) >= 11 is 0. The van der Waals surface area contributed by atoms with Crippen molar-refractivity contribution in [1.29, 1.82) is 0 Å². The topological polar surface area (TPSA) is 54.5 Å². The third-order valence-corrected chi connectivity index (χ3v) is 7.62. The van der Waals surface area contributed by atoms with Gasteiger partial charge in [-0.25, -0.2) is 0 Å². The van der Waals surface area contributed by atoms with Crippen molar-refractivity contribution < 1.29 is 30.0 Å². The zero-order valence-corrected chi connectivity index (χ0v) is 27.6. The van der Waals surface area contributed by atoms with Gasteiger partial charge in [-0.1, -0.05) is 125 Å². The van der Waals surface area contributed by atoms with E-state index in [1.54, 1.807) is 0 Å². The SMILES string of the molecule is CC(C)C(=[OH+])/C=C(\O)C(C)C.Cc1cc(-c2nccc3c2ccc2ccccc23)[c-]cc1-c1ccc2ccccc2c1.[Ir]. The van der Waals surface area contributed by atoms with Gasteiger partial charge in [0.1, 0.15) is 5.76 Å². The Bertz CT molecular complexity index is 1940. The van der Waals surface area contributed by atoms with Gasteiger partial charge in [0.25, 0.3) is 0 Å². The van der Waals surface area contributed by atoms with Gasteiger partial charge < -0.3 is 10.1 Å². The van der Waals surface area contributed by atoms with Gasteiger partial charge >= 0.3 is 5.78 Å². The Morgan fingerprint density at radius 2 is 1.44 bits per heavy atom. The molecule has 0 saturated heterocycles. The van der Waals surface area contributed by atoms with Crippen LogP contribution in [0.25, 0.3) is 54.7 Å². The van der Waals surface area contributed by atoms with Gasteiger partial charge in [-0.15, -0.1) is 29.3 Å². The number of allylic oxidation sites excluding steroid dienone is 2. The molecule has 0 spiro atoms. The fourth-order valence-electron chi connectivity index (χ4n) is 5.04. The Hall–Kier alpha value is -4.11. The molecule has 4 heteroatoms. The number of nitrogens with zero attached hydrogens (tertiary/aromatic N) is 1. The minimum absolute atomic E-state index is 0. The van der Waals surface area contributed by atoms with Crippen molar-refractivity contribution in [3.05, 3.63) is 127 Å². The number of aromatic nitrogens is 1. The Kier molecular flexibility index (Phi) is 10.3. The van der Waals surface area contributed by atoms with Crippen LogP contribution in [-0.2, 0) is 20.1 Å². The first kappa shape index (κ1) is 31.8. The van der Waals surface area contributed by atoms with Crippen molar-refractivity contribution in [3.63, 3.8) is 0 Å². The zero-order chi connectivity index (χ0) is 29.8. The molecule has 3 nitrogen and oxygen atoms in total. The van der Waals surface area contributed by atoms with E-state index in [1.807, 2.05) is 33.9 Å². The second-order valence-corrected chi connectivity index (χ2v) is 11.4. The van der Waals surface area contributed by atoms with E-state index < -0.39 is 0 Å². The third-order valence-electron chi connectivity index (χ3n) is 7.62. The molecule has 0 aliphatic carbocycles. The van der Waals surface area contributed by atoms with E-state index in [4.69, 9.17) is 4.98 Å². The van der Waals surface area contributed by atoms with Crippen molar-refractivity contribution in [2.24, 2.45) is 11.8 Å². The molecule has 0 amide bonds. The van der Waals surface area contributed by atoms with Crippen molar-refractivity contribution >= 4 is 38.1 Å². The van der Waals surface area contributed by atoms with Crippen molar-refractivity contribution in [1.82, 2.24) is 4.98 Å². The van der Waals surface area contributed by atoms with Crippen LogP contribution in [0.15, 0.2) is 115 Å². The average molecular weight is 744 g/mol. The van der Waals surface area contributed by atoms with Gasteiger partial charge in [0.15, 0.2) is 0 Å². The predicted molar refractivity (Wildman–Crippen MR) is 179 cm³/mol. The van der Waals surface area contributed by atoms with E-state index in [0.29, 0.717) is 0 Å². The number of benzene rings is 5. The van der Waals surface area contributed by atoms with Crippen LogP contribution in [-0.4, -0.2) is 20.7 Å². The second-order valence-electron chi connectivity index (χ2n) is 11.4. The summed E-state index contributed by atoms with van der Waals surface area (Å²) in [5.74, 6) is 0.624. The molecule has 0 unspecified atom stereocenters. The van der Waals surface area contributed by atoms with Crippen molar-refractivity contribution in [2.45, 2.75) is 34.6 Å². The molecule has 0 aliphatic heterocycles. The van der Waals surface area contributed by atoms with E-state index in [0.717, 1.165) is 16.6 Å². The number of aliphatic hydroxyl groups is 1. The first-order chi connectivity index (χ1) is 20.2. The largest absolute Gasteiger partial charge is 0.512 e. The van der Waals surface area contributed by atoms with Crippen LogP contribution in [0.3, 0.4) is 0 Å². The monoisotopic (exact) mass is 744 g/mol. The quantitative estimate of drug-likeness (QED) is 0.0629. The van der Waals surface area contributed by atoms with E-state index >= 15 is 0 Å². The number of aryl methyl sites for hydroxylation is 1. The molecule has 6 aromatic rings. The number of aliphatic hydroxyl groups excluding tert-OH is 1. The molecule has 5 aromatic carbocycles. The van der Waals surface area contributed by atoms with Gasteiger partial charge in [-0.05, 0) is 44.1 Å². The molecule has 219 valence electrons. The zero-order valence-electron chi connectivity index (χ0n) is 25.2. The molecule has 0 atom stereocenters. The molecule has 0 bridgehead atoms. The molecular formula is C39H37IrNO2. The molecule has 1 heterocycles. The van der Waals surface area contributed by atoms with Crippen LogP contribution in [0.1, 0.15) is 33.3 Å². The van der Waals surface area contributed by atoms with E-state index in [-0.39, 0.29) is 43.5 Å². The molecule has 1 aromatic heterocycles. The number of hydrogen-bond acceptors (Lipinski definition) is 2. The summed E-state index contributed by atoms with van der Waals surface area (Å²) in [6, 6.07) is 37.9. The van der Waals surface area contributed by atoms with Crippen molar-refractivity contribution in [3.8, 4) is 22.4 Å². The van der Waals surface area contributed by atoms with Gasteiger partial charge in [0, 0.05) is 32.2 Å². The van der Waals surface area contributed by atoms with Crippen LogP contribution < -0.4 is 0 Å². The first-order valence-corrected chi connectivity index (χ1v) is 14.5. The minimum atomic E-state index is 0. The standard InChI is InChI=1S/C30H20N.C9H16O2.Ir/c1-20-18-25(13-14-26(20)24-11-10-21-6-2-3-8-23(21)19-24)30-29-15-12-22-7-4-5-9-27(22)28(29)16-17-31-30;1-6(2)8(10)5-9(11)7(3)4;/h2-12,14-19H,1H3;5-7,10H,1-4H3;/q-1;;/p+1/b;8-5-;. The summed E-state index contributed by atoms with van der Waals surface area (Å²) in [4.78, 5) is 14.0. The molecular weight excluding hydrogens is 707 g/mol. The van der Waals surface area contributed by atoms with E-state index in [9.17, 15) is 9.90 Å². The van der Waals surface area contributed by atoms with Crippen LogP contribution in [0.5, 0.6) is 0 Å². The summed E-state index contributed by atoms with van der Waals surface area (Å²) in [5, 5.41) is 16.6. The first-order valence-electron chi connectivity index (χ1n) is 14.5. The molecule has 6 rings (SSSR count). The summed E-state index contributed by atoms with van der Waals surface area (Å²) in [5.41, 5.74) is 5.67. The number of carbonyl (C=O) groups excluding carboxylic acids is 1. The number of fused-ring (bicyclic) bond motifs is 4. The maximum absolute atomic E-state index is 9.23. The summed E-state index contributed by atoms with van der Waals surface area (Å²) < 4.78 is 0. The summed E-state index contributed by atoms with van der Waals surface area (Å²) in [6.07, 6.45) is 3.33. The van der Waals surface area contributed by atoms with Crippen LogP contribution >= 0.6 is 0 Å². The molecule has 0 saturated carbocycles. The van der Waals surface area contributed by atoms with Crippen LogP contribution in [0.2, 0.25) is 0 Å². The van der Waals surface area contributed by atoms with Gasteiger partial charge in [0.2, 0.25) is 0 Å². The Morgan fingerprint density at radius 3 is 2.14 bits per heavy atom. The molecule has 0 fully saturated rings. The van der Waals surface area contributed by atoms with E-state index in [2.05, 4.69) is 110 Å².